The van der Waals surface area contributed by atoms with Gasteiger partial charge in [-0.05, 0) is 67.9 Å². The zero-order valence-corrected chi connectivity index (χ0v) is 29.4. The standard InChI is InChI=1S/C37H49N7O6/c1-24-22-27(23-31-32(24)39-35(46)40(31)3)25(2)33(34(45)42-13-9-28(10-14-42)41-18-20-49-21-19-41)50-37(48)43-15-11-29(12-16-43)44-17-8-26-6-4-5-7-30(26)38-36(44)47/h4-7,22-23,25,28-29,33H,8-21H2,1-3H3,(H,38,47)(H,39,46). The number of hydrogen-bond acceptors (Lipinski definition) is 7. The molecule has 4 aliphatic rings. The lowest BCUT2D eigenvalue weighted by atomic mass is 9.91. The number of morpholine rings is 1. The van der Waals surface area contributed by atoms with Gasteiger partial charge in [0.25, 0.3) is 5.91 Å². The molecule has 3 aromatic rings. The molecule has 0 saturated carbocycles. The summed E-state index contributed by atoms with van der Waals surface area (Å²) >= 11 is 0. The Labute approximate surface area is 292 Å². The first kappa shape index (κ1) is 34.1. The van der Waals surface area contributed by atoms with Gasteiger partial charge in [0.15, 0.2) is 6.10 Å². The van der Waals surface area contributed by atoms with Crippen LogP contribution in [0, 0.1) is 6.92 Å². The van der Waals surface area contributed by atoms with Crippen LogP contribution in [0.15, 0.2) is 41.2 Å². The summed E-state index contributed by atoms with van der Waals surface area (Å²) in [6.45, 7) is 9.81. The van der Waals surface area contributed by atoms with Crippen molar-refractivity contribution in [1.82, 2.24) is 29.2 Å². The lowest BCUT2D eigenvalue weighted by Crippen LogP contribution is -2.54. The van der Waals surface area contributed by atoms with Crippen LogP contribution in [-0.2, 0) is 27.7 Å². The number of aromatic nitrogens is 2. The topological polar surface area (TPSA) is 132 Å². The molecule has 1 aromatic heterocycles. The minimum absolute atomic E-state index is 0.000162. The largest absolute Gasteiger partial charge is 0.435 e. The van der Waals surface area contributed by atoms with Gasteiger partial charge in [-0.1, -0.05) is 31.2 Å². The molecule has 3 saturated heterocycles. The monoisotopic (exact) mass is 687 g/mol. The van der Waals surface area contributed by atoms with Gasteiger partial charge in [-0.3, -0.25) is 14.3 Å². The molecule has 0 radical (unpaired) electrons. The molecule has 7 rings (SSSR count). The summed E-state index contributed by atoms with van der Waals surface area (Å²) in [7, 11) is 1.72. The summed E-state index contributed by atoms with van der Waals surface area (Å²) in [4.78, 5) is 64.6. The van der Waals surface area contributed by atoms with Gasteiger partial charge in [0.2, 0.25) is 0 Å². The summed E-state index contributed by atoms with van der Waals surface area (Å²) in [6.07, 6.45) is 2.18. The normalized spacial score (nSPS) is 21.0. The van der Waals surface area contributed by atoms with Gasteiger partial charge < -0.3 is 34.5 Å². The van der Waals surface area contributed by atoms with Crippen molar-refractivity contribution in [3.8, 4) is 0 Å². The van der Waals surface area contributed by atoms with E-state index in [1.165, 1.54) is 0 Å². The van der Waals surface area contributed by atoms with Crippen LogP contribution >= 0.6 is 0 Å². The number of aryl methyl sites for hydroxylation is 2. The molecule has 0 aliphatic carbocycles. The molecule has 50 heavy (non-hydrogen) atoms. The number of carbonyl (C=O) groups is 3. The number of urea groups is 1. The number of benzene rings is 2. The summed E-state index contributed by atoms with van der Waals surface area (Å²) < 4.78 is 13.3. The number of nitrogens with one attached hydrogen (secondary N) is 2. The number of carbonyl (C=O) groups excluding carboxylic acids is 3. The lowest BCUT2D eigenvalue weighted by Gasteiger charge is -2.41. The van der Waals surface area contributed by atoms with Gasteiger partial charge >= 0.3 is 17.8 Å². The Hall–Kier alpha value is -4.36. The van der Waals surface area contributed by atoms with E-state index in [-0.39, 0.29) is 23.7 Å². The number of para-hydroxylation sites is 1. The number of fused-ring (bicyclic) bond motifs is 2. The van der Waals surface area contributed by atoms with E-state index in [2.05, 4.69) is 15.2 Å². The van der Waals surface area contributed by atoms with Gasteiger partial charge in [-0.15, -0.1) is 0 Å². The molecule has 4 aliphatic heterocycles. The Morgan fingerprint density at radius 1 is 0.900 bits per heavy atom. The van der Waals surface area contributed by atoms with Crippen LogP contribution in [0.4, 0.5) is 15.3 Å². The van der Waals surface area contributed by atoms with Crippen molar-refractivity contribution >= 4 is 34.8 Å². The van der Waals surface area contributed by atoms with E-state index >= 15 is 0 Å². The predicted octanol–water partition coefficient (Wildman–Crippen LogP) is 3.66. The van der Waals surface area contributed by atoms with Crippen molar-refractivity contribution in [3.63, 3.8) is 0 Å². The third-order valence-electron chi connectivity index (χ3n) is 11.3. The van der Waals surface area contributed by atoms with E-state index in [0.717, 1.165) is 79.0 Å². The Kier molecular flexibility index (Phi) is 9.87. The summed E-state index contributed by atoms with van der Waals surface area (Å²) in [5.74, 6) is -0.654. The minimum atomic E-state index is -1.04. The number of piperidine rings is 2. The highest BCUT2D eigenvalue weighted by Crippen LogP contribution is 2.31. The number of H-pyrrole nitrogens is 1. The molecule has 2 aromatic carbocycles. The van der Waals surface area contributed by atoms with Gasteiger partial charge in [0.05, 0.1) is 24.2 Å². The fraction of sp³-hybridized carbons (Fsp3) is 0.568. The Balaban J connectivity index is 1.05. The van der Waals surface area contributed by atoms with Gasteiger partial charge in [-0.2, -0.15) is 0 Å². The fourth-order valence-electron chi connectivity index (χ4n) is 8.18. The lowest BCUT2D eigenvalue weighted by molar-refractivity contribution is -0.144. The van der Waals surface area contributed by atoms with Crippen LogP contribution < -0.4 is 11.0 Å². The first-order chi connectivity index (χ1) is 24.2. The van der Waals surface area contributed by atoms with E-state index in [0.29, 0.717) is 51.6 Å². The van der Waals surface area contributed by atoms with Gasteiger partial charge in [0.1, 0.15) is 0 Å². The molecule has 3 fully saturated rings. The predicted molar refractivity (Wildman–Crippen MR) is 189 cm³/mol. The molecule has 4 amide bonds. The zero-order chi connectivity index (χ0) is 34.9. The number of nitrogens with zero attached hydrogens (tertiary/aromatic N) is 5. The number of aromatic amines is 1. The Morgan fingerprint density at radius 2 is 1.58 bits per heavy atom. The maximum atomic E-state index is 14.3. The van der Waals surface area contributed by atoms with E-state index in [4.69, 9.17) is 9.47 Å². The van der Waals surface area contributed by atoms with E-state index in [1.54, 1.807) is 16.5 Å². The van der Waals surface area contributed by atoms with E-state index < -0.39 is 18.1 Å². The van der Waals surface area contributed by atoms with Crippen molar-refractivity contribution in [1.29, 1.82) is 0 Å². The Morgan fingerprint density at radius 3 is 2.32 bits per heavy atom. The summed E-state index contributed by atoms with van der Waals surface area (Å²) in [5, 5.41) is 3.05. The number of hydrogen-bond donors (Lipinski definition) is 2. The molecule has 0 bridgehead atoms. The van der Waals surface area contributed by atoms with Crippen molar-refractivity contribution in [3.05, 3.63) is 63.6 Å². The Bertz CT molecular complexity index is 1780. The second-order valence-corrected chi connectivity index (χ2v) is 14.3. The molecule has 2 unspecified atom stereocenters. The van der Waals surface area contributed by atoms with Crippen molar-refractivity contribution in [2.75, 3.05) is 64.3 Å². The minimum Gasteiger partial charge on any atom is -0.435 e. The molecular formula is C37H49N7O6. The van der Waals surface area contributed by atoms with Crippen LogP contribution in [0.2, 0.25) is 0 Å². The number of anilines is 1. The average molecular weight is 688 g/mol. The maximum absolute atomic E-state index is 14.3. The summed E-state index contributed by atoms with van der Waals surface area (Å²) in [5.41, 5.74) is 4.96. The molecule has 268 valence electrons. The molecule has 13 heteroatoms. The first-order valence-electron chi connectivity index (χ1n) is 18.1. The maximum Gasteiger partial charge on any atom is 0.410 e. The number of likely N-dealkylation sites (tertiary alicyclic amines) is 2. The van der Waals surface area contributed by atoms with E-state index in [1.807, 2.05) is 60.0 Å². The van der Waals surface area contributed by atoms with Gasteiger partial charge in [-0.25, -0.2) is 14.4 Å². The third kappa shape index (κ3) is 6.85. The number of rotatable bonds is 6. The highest BCUT2D eigenvalue weighted by Gasteiger charge is 2.39. The molecule has 5 heterocycles. The first-order valence-corrected chi connectivity index (χ1v) is 18.1. The average Bonchev–Trinajstić information content (AvgIpc) is 3.32. The van der Waals surface area contributed by atoms with Crippen LogP contribution in [0.3, 0.4) is 0 Å². The molecule has 2 N–H and O–H groups in total. The van der Waals surface area contributed by atoms with Crippen molar-refractivity contribution in [2.45, 2.75) is 70.1 Å². The smallest absolute Gasteiger partial charge is 0.410 e. The molecular weight excluding hydrogens is 638 g/mol. The van der Waals surface area contributed by atoms with Crippen molar-refractivity contribution in [2.24, 2.45) is 7.05 Å². The van der Waals surface area contributed by atoms with Crippen LogP contribution in [0.5, 0.6) is 0 Å². The number of amides is 4. The quantitative estimate of drug-likeness (QED) is 0.405. The van der Waals surface area contributed by atoms with Crippen LogP contribution in [-0.4, -0.2) is 124 Å². The number of ether oxygens (including phenoxy) is 2. The SMILES string of the molecule is Cc1cc(C(C)C(OC(=O)N2CCC(N3CCc4ccccc4NC3=O)CC2)C(=O)N2CCC(N3CCOCC3)CC2)cc2c1[nH]c(=O)n2C. The third-order valence-corrected chi connectivity index (χ3v) is 11.3. The number of imidazole rings is 1. The van der Waals surface area contributed by atoms with Crippen molar-refractivity contribution < 1.29 is 23.9 Å². The zero-order valence-electron chi connectivity index (χ0n) is 29.4. The van der Waals surface area contributed by atoms with E-state index in [9.17, 15) is 19.2 Å². The highest BCUT2D eigenvalue weighted by atomic mass is 16.6. The highest BCUT2D eigenvalue weighted by molar-refractivity contribution is 5.91. The molecule has 2 atom stereocenters. The van der Waals surface area contributed by atoms with Crippen LogP contribution in [0.1, 0.15) is 55.2 Å². The second-order valence-electron chi connectivity index (χ2n) is 14.3. The fourth-order valence-corrected chi connectivity index (χ4v) is 8.18. The molecule has 13 nitrogen and oxygen atoms in total. The molecule has 0 spiro atoms. The van der Waals surface area contributed by atoms with Gasteiger partial charge in [0, 0.05) is 76.5 Å². The second kappa shape index (κ2) is 14.5. The summed E-state index contributed by atoms with van der Waals surface area (Å²) in [6, 6.07) is 12.1. The van der Waals surface area contributed by atoms with Crippen LogP contribution in [0.25, 0.3) is 11.0 Å².